The first-order valence-corrected chi connectivity index (χ1v) is 12.1. The van der Waals surface area contributed by atoms with Crippen molar-refractivity contribution in [3.05, 3.63) is 24.0 Å². The number of halogens is 3. The number of hydrogen-bond acceptors (Lipinski definition) is 6. The van der Waals surface area contributed by atoms with Crippen LogP contribution in [0.4, 0.5) is 19.0 Å². The Morgan fingerprint density at radius 1 is 1.26 bits per heavy atom. The third-order valence-electron chi connectivity index (χ3n) is 7.83. The summed E-state index contributed by atoms with van der Waals surface area (Å²) < 4.78 is 50.1. The molecule has 1 aliphatic heterocycles. The monoisotopic (exact) mass is 479 g/mol. The Morgan fingerprint density at radius 3 is 2.65 bits per heavy atom. The van der Waals surface area contributed by atoms with Gasteiger partial charge in [-0.1, -0.05) is 6.92 Å². The third kappa shape index (κ3) is 4.37. The summed E-state index contributed by atoms with van der Waals surface area (Å²) in [5, 5.41) is 4.80. The molecule has 0 amide bonds. The summed E-state index contributed by atoms with van der Waals surface area (Å²) in [7, 11) is 0. The van der Waals surface area contributed by atoms with Gasteiger partial charge in [0.25, 0.3) is 0 Å². The molecule has 4 unspecified atom stereocenters. The average molecular weight is 480 g/mol. The van der Waals surface area contributed by atoms with Gasteiger partial charge >= 0.3 is 6.36 Å². The number of aromatic nitrogens is 3. The molecule has 2 aliphatic carbocycles. The fourth-order valence-electron chi connectivity index (χ4n) is 5.93. The Morgan fingerprint density at radius 2 is 2.00 bits per heavy atom. The molecular weight excluding hydrogens is 447 g/mol. The second-order valence-corrected chi connectivity index (χ2v) is 9.95. The van der Waals surface area contributed by atoms with Gasteiger partial charge in [-0.25, -0.2) is 4.98 Å². The standard InChI is InChI=1S/C24H32F3N5O2/c1-4-13(2)32-20(22-17-8-16(9-18(17)22)31-5-6-33-12-14(31)3)10-19(30-32)15-7-21(23(28)29-11-15)34-24(25,26)27/h7,10-11,13-14,16-18,22H,4-6,8-9,12H2,1-3H3,(H2,28,29). The molecule has 34 heavy (non-hydrogen) atoms. The van der Waals surface area contributed by atoms with E-state index in [2.05, 4.69) is 40.1 Å². The van der Waals surface area contributed by atoms with Crippen molar-refractivity contribution < 1.29 is 22.6 Å². The zero-order valence-corrected chi connectivity index (χ0v) is 19.8. The van der Waals surface area contributed by atoms with Crippen LogP contribution < -0.4 is 10.5 Å². The lowest BCUT2D eigenvalue weighted by atomic mass is 10.0. The van der Waals surface area contributed by atoms with Crippen LogP contribution in [0.5, 0.6) is 5.75 Å². The number of hydrogen-bond donors (Lipinski definition) is 1. The molecular formula is C24H32F3N5O2. The van der Waals surface area contributed by atoms with Crippen LogP contribution in [0.1, 0.15) is 57.7 Å². The minimum atomic E-state index is -4.84. The van der Waals surface area contributed by atoms with Crippen LogP contribution in [0, 0.1) is 11.8 Å². The number of rotatable bonds is 6. The van der Waals surface area contributed by atoms with E-state index in [0.29, 0.717) is 41.1 Å². The van der Waals surface area contributed by atoms with E-state index in [0.717, 1.165) is 26.2 Å². The quantitative estimate of drug-likeness (QED) is 0.652. The lowest BCUT2D eigenvalue weighted by Gasteiger charge is -2.38. The van der Waals surface area contributed by atoms with Gasteiger partial charge in [-0.2, -0.15) is 5.10 Å². The molecule has 5 rings (SSSR count). The van der Waals surface area contributed by atoms with Gasteiger partial charge in [0.1, 0.15) is 0 Å². The van der Waals surface area contributed by atoms with E-state index in [-0.39, 0.29) is 11.9 Å². The maximum Gasteiger partial charge on any atom is 0.573 e. The highest BCUT2D eigenvalue weighted by Crippen LogP contribution is 2.64. The molecule has 4 atom stereocenters. The van der Waals surface area contributed by atoms with Crippen LogP contribution >= 0.6 is 0 Å². The smallest absolute Gasteiger partial charge is 0.402 e. The maximum absolute atomic E-state index is 12.8. The molecule has 2 aromatic rings. The van der Waals surface area contributed by atoms with Crippen molar-refractivity contribution in [3.63, 3.8) is 0 Å². The number of nitrogens with zero attached hydrogens (tertiary/aromatic N) is 4. The number of alkyl halides is 3. The van der Waals surface area contributed by atoms with E-state index in [9.17, 15) is 13.2 Å². The third-order valence-corrected chi connectivity index (χ3v) is 7.83. The zero-order valence-electron chi connectivity index (χ0n) is 19.8. The SMILES string of the molecule is CCC(C)n1nc(-c2cnc(N)c(OC(F)(F)F)c2)cc1C1C2CC(N3CCOCC3C)CC21. The van der Waals surface area contributed by atoms with E-state index < -0.39 is 12.1 Å². The van der Waals surface area contributed by atoms with Crippen molar-refractivity contribution >= 4 is 5.82 Å². The van der Waals surface area contributed by atoms with Crippen molar-refractivity contribution in [3.8, 4) is 17.0 Å². The lowest BCUT2D eigenvalue weighted by molar-refractivity contribution is -0.274. The van der Waals surface area contributed by atoms with Gasteiger partial charge in [-0.3, -0.25) is 9.58 Å². The summed E-state index contributed by atoms with van der Waals surface area (Å²) >= 11 is 0. The van der Waals surface area contributed by atoms with Gasteiger partial charge in [-0.15, -0.1) is 13.2 Å². The van der Waals surface area contributed by atoms with Crippen molar-refractivity contribution in [2.75, 3.05) is 25.5 Å². The number of ether oxygens (including phenoxy) is 2. The Labute approximate surface area is 197 Å². The average Bonchev–Trinajstić information content (AvgIpc) is 3.13. The van der Waals surface area contributed by atoms with E-state index in [1.54, 1.807) is 0 Å². The predicted molar refractivity (Wildman–Crippen MR) is 121 cm³/mol. The normalized spacial score (nSPS) is 30.2. The highest BCUT2D eigenvalue weighted by atomic mass is 19.4. The van der Waals surface area contributed by atoms with E-state index >= 15 is 0 Å². The molecule has 10 heteroatoms. The van der Waals surface area contributed by atoms with E-state index in [4.69, 9.17) is 15.6 Å². The highest BCUT2D eigenvalue weighted by Gasteiger charge is 2.59. The molecule has 3 fully saturated rings. The summed E-state index contributed by atoms with van der Waals surface area (Å²) in [5.41, 5.74) is 7.84. The van der Waals surface area contributed by atoms with Crippen LogP contribution in [0.15, 0.2) is 18.3 Å². The first-order chi connectivity index (χ1) is 16.2. The number of fused-ring (bicyclic) bond motifs is 1. The summed E-state index contributed by atoms with van der Waals surface area (Å²) in [5.74, 6) is 0.885. The predicted octanol–water partition coefficient (Wildman–Crippen LogP) is 4.61. The molecule has 1 saturated heterocycles. The molecule has 2 N–H and O–H groups in total. The Balaban J connectivity index is 1.38. The molecule has 186 valence electrons. The number of pyridine rings is 1. The molecule has 7 nitrogen and oxygen atoms in total. The summed E-state index contributed by atoms with van der Waals surface area (Å²) in [6, 6.07) is 4.54. The molecule has 2 aromatic heterocycles. The van der Waals surface area contributed by atoms with E-state index in [1.165, 1.54) is 30.8 Å². The molecule has 0 spiro atoms. The molecule has 0 aromatic carbocycles. The van der Waals surface area contributed by atoms with Crippen molar-refractivity contribution in [1.29, 1.82) is 0 Å². The molecule has 3 aliphatic rings. The second kappa shape index (κ2) is 8.71. The van der Waals surface area contributed by atoms with Gasteiger partial charge in [0, 0.05) is 48.0 Å². The van der Waals surface area contributed by atoms with Gasteiger partial charge < -0.3 is 15.2 Å². The summed E-state index contributed by atoms with van der Waals surface area (Å²) in [6.07, 6.45) is -0.126. The van der Waals surface area contributed by atoms with Crippen molar-refractivity contribution in [2.24, 2.45) is 11.8 Å². The van der Waals surface area contributed by atoms with Gasteiger partial charge in [-0.05, 0) is 57.1 Å². The van der Waals surface area contributed by atoms with Crippen LogP contribution in [-0.2, 0) is 4.74 Å². The van der Waals surface area contributed by atoms with Gasteiger partial charge in [0.05, 0.1) is 18.9 Å². The zero-order chi connectivity index (χ0) is 24.2. The fourth-order valence-corrected chi connectivity index (χ4v) is 5.93. The number of nitrogens with two attached hydrogens (primary N) is 1. The Hall–Kier alpha value is -2.33. The van der Waals surface area contributed by atoms with E-state index in [1.807, 2.05) is 6.07 Å². The first kappa shape index (κ1) is 23.4. The largest absolute Gasteiger partial charge is 0.573 e. The van der Waals surface area contributed by atoms with Crippen LogP contribution in [-0.4, -0.2) is 57.9 Å². The fraction of sp³-hybridized carbons (Fsp3) is 0.667. The number of anilines is 1. The van der Waals surface area contributed by atoms with Gasteiger partial charge in [0.15, 0.2) is 11.6 Å². The summed E-state index contributed by atoms with van der Waals surface area (Å²) in [4.78, 5) is 6.52. The molecule has 0 radical (unpaired) electrons. The maximum atomic E-state index is 12.8. The summed E-state index contributed by atoms with van der Waals surface area (Å²) in [6.45, 7) is 9.07. The lowest BCUT2D eigenvalue weighted by Crippen LogP contribution is -2.49. The topological polar surface area (TPSA) is 78.4 Å². The first-order valence-electron chi connectivity index (χ1n) is 12.1. The molecule has 3 heterocycles. The Bertz CT molecular complexity index is 1030. The van der Waals surface area contributed by atoms with Crippen molar-refractivity contribution in [2.45, 2.75) is 70.4 Å². The minimum Gasteiger partial charge on any atom is -0.402 e. The molecule has 0 bridgehead atoms. The highest BCUT2D eigenvalue weighted by molar-refractivity contribution is 5.64. The Kier molecular flexibility index (Phi) is 6.00. The van der Waals surface area contributed by atoms with Gasteiger partial charge in [0.2, 0.25) is 0 Å². The number of morpholine rings is 1. The minimum absolute atomic E-state index is 0.188. The van der Waals surface area contributed by atoms with Crippen LogP contribution in [0.25, 0.3) is 11.3 Å². The van der Waals surface area contributed by atoms with Crippen LogP contribution in [0.2, 0.25) is 0 Å². The molecule has 2 saturated carbocycles. The van der Waals surface area contributed by atoms with Crippen molar-refractivity contribution in [1.82, 2.24) is 19.7 Å². The van der Waals surface area contributed by atoms with Crippen LogP contribution in [0.3, 0.4) is 0 Å². The second-order valence-electron chi connectivity index (χ2n) is 9.95. The number of nitrogen functional groups attached to an aromatic ring is 1.